The number of anilines is 1. The fourth-order valence-electron chi connectivity index (χ4n) is 3.69. The van der Waals surface area contributed by atoms with Gasteiger partial charge in [-0.25, -0.2) is 9.48 Å². The molecule has 3 amide bonds. The quantitative estimate of drug-likeness (QED) is 0.797. The minimum absolute atomic E-state index is 0.0190. The highest BCUT2D eigenvalue weighted by molar-refractivity contribution is 6.20. The Morgan fingerprint density at radius 3 is 2.57 bits per heavy atom. The molecule has 28 heavy (non-hydrogen) atoms. The minimum atomic E-state index is -0.224. The Morgan fingerprint density at radius 2 is 1.89 bits per heavy atom. The van der Waals surface area contributed by atoms with Crippen LogP contribution in [0, 0.1) is 6.92 Å². The van der Waals surface area contributed by atoms with E-state index in [9.17, 15) is 9.59 Å². The molecule has 4 rings (SSSR count). The van der Waals surface area contributed by atoms with Crippen LogP contribution in [0.3, 0.4) is 0 Å². The molecule has 0 N–H and O–H groups in total. The molecule has 2 aliphatic heterocycles. The molecule has 0 aliphatic carbocycles. The first-order valence-corrected chi connectivity index (χ1v) is 9.61. The lowest BCUT2D eigenvalue weighted by atomic mass is 10.2. The van der Waals surface area contributed by atoms with Gasteiger partial charge in [0.25, 0.3) is 0 Å². The van der Waals surface area contributed by atoms with Crippen molar-refractivity contribution in [2.45, 2.75) is 20.8 Å². The molecule has 0 bridgehead atoms. The van der Waals surface area contributed by atoms with Crippen molar-refractivity contribution in [2.24, 2.45) is 4.99 Å². The summed E-state index contributed by atoms with van der Waals surface area (Å²) in [5, 5.41) is 4.53. The summed E-state index contributed by atoms with van der Waals surface area (Å²) >= 11 is 0. The number of carbonyl (C=O) groups excluding carboxylic acids is 2. The van der Waals surface area contributed by atoms with E-state index in [1.54, 1.807) is 20.7 Å². The molecule has 0 saturated heterocycles. The van der Waals surface area contributed by atoms with E-state index in [1.165, 1.54) is 4.90 Å². The molecule has 1 aromatic heterocycles. The molecule has 2 aromatic rings. The van der Waals surface area contributed by atoms with E-state index in [4.69, 9.17) is 0 Å². The summed E-state index contributed by atoms with van der Waals surface area (Å²) in [7, 11) is 0. The molecular weight excluding hydrogens is 356 g/mol. The van der Waals surface area contributed by atoms with Gasteiger partial charge in [-0.2, -0.15) is 5.10 Å². The van der Waals surface area contributed by atoms with Crippen molar-refractivity contribution >= 4 is 23.6 Å². The Hall–Kier alpha value is -3.16. The normalized spacial score (nSPS) is 15.4. The van der Waals surface area contributed by atoms with Crippen LogP contribution >= 0.6 is 0 Å². The van der Waals surface area contributed by atoms with E-state index in [-0.39, 0.29) is 18.5 Å². The number of carbonyl (C=O) groups is 2. The number of amides is 3. The van der Waals surface area contributed by atoms with Gasteiger partial charge in [0.15, 0.2) is 5.82 Å². The molecule has 0 saturated carbocycles. The van der Waals surface area contributed by atoms with E-state index in [2.05, 4.69) is 10.1 Å². The first-order valence-electron chi connectivity index (χ1n) is 9.61. The third-order valence-electron chi connectivity index (χ3n) is 5.23. The fraction of sp³-hybridized carbons (Fsp3) is 0.400. The van der Waals surface area contributed by atoms with E-state index >= 15 is 0 Å². The Morgan fingerprint density at radius 1 is 1.18 bits per heavy atom. The first-order chi connectivity index (χ1) is 13.5. The summed E-state index contributed by atoms with van der Waals surface area (Å²) in [6.45, 7) is 8.18. The molecule has 2 aliphatic rings. The van der Waals surface area contributed by atoms with Crippen LogP contribution in [0.5, 0.6) is 0 Å². The lowest BCUT2D eigenvalue weighted by molar-refractivity contribution is -0.129. The lowest BCUT2D eigenvalue weighted by Gasteiger charge is -2.34. The van der Waals surface area contributed by atoms with E-state index in [0.717, 1.165) is 16.8 Å². The molecule has 3 heterocycles. The summed E-state index contributed by atoms with van der Waals surface area (Å²) in [5.41, 5.74) is 2.76. The second-order valence-corrected chi connectivity index (χ2v) is 6.92. The molecule has 8 heteroatoms. The summed E-state index contributed by atoms with van der Waals surface area (Å²) in [4.78, 5) is 35.4. The zero-order valence-electron chi connectivity index (χ0n) is 16.4. The fourth-order valence-corrected chi connectivity index (χ4v) is 3.69. The zero-order valence-corrected chi connectivity index (χ0v) is 16.4. The molecule has 0 radical (unpaired) electrons. The Kier molecular flexibility index (Phi) is 4.62. The molecule has 8 nitrogen and oxygen atoms in total. The number of fused-ring (bicyclic) bond motifs is 3. The van der Waals surface area contributed by atoms with Crippen molar-refractivity contribution in [1.82, 2.24) is 19.6 Å². The van der Waals surface area contributed by atoms with Crippen molar-refractivity contribution in [3.63, 3.8) is 0 Å². The first kappa shape index (κ1) is 18.2. The van der Waals surface area contributed by atoms with Crippen LogP contribution < -0.4 is 4.90 Å². The van der Waals surface area contributed by atoms with Crippen LogP contribution in [0.15, 0.2) is 35.5 Å². The van der Waals surface area contributed by atoms with Gasteiger partial charge in [-0.15, -0.1) is 0 Å². The summed E-state index contributed by atoms with van der Waals surface area (Å²) in [5.74, 6) is 1.16. The molecule has 0 atom stereocenters. The number of aryl methyl sites for hydroxylation is 1. The Labute approximate surface area is 164 Å². The number of aliphatic imine (C=N–C) groups is 1. The third-order valence-corrected chi connectivity index (χ3v) is 5.23. The number of amidine groups is 1. The highest BCUT2D eigenvalue weighted by Crippen LogP contribution is 2.32. The molecule has 146 valence electrons. The third kappa shape index (κ3) is 2.85. The second kappa shape index (κ2) is 7.10. The van der Waals surface area contributed by atoms with Crippen molar-refractivity contribution in [1.29, 1.82) is 0 Å². The second-order valence-electron chi connectivity index (χ2n) is 6.92. The van der Waals surface area contributed by atoms with Crippen LogP contribution in [-0.2, 0) is 4.79 Å². The van der Waals surface area contributed by atoms with Crippen LogP contribution in [0.2, 0.25) is 0 Å². The molecule has 0 spiro atoms. The Bertz CT molecular complexity index is 942. The average molecular weight is 380 g/mol. The maximum Gasteiger partial charge on any atom is 0.331 e. The Balaban J connectivity index is 1.80. The summed E-state index contributed by atoms with van der Waals surface area (Å²) in [6, 6.07) is 7.69. The van der Waals surface area contributed by atoms with Crippen molar-refractivity contribution < 1.29 is 9.59 Å². The number of urea groups is 1. The SMILES string of the molecule is CCN(CC)C(=O)CN1C(=O)N2CCN=C2c2cnn(-c3ccc(C)cc3)c21. The van der Waals surface area contributed by atoms with Crippen molar-refractivity contribution in [3.8, 4) is 5.69 Å². The standard InChI is InChI=1S/C20H24N6O2/c1-4-23(5-2)17(27)13-25-19-16(18-21-10-11-24(18)20(25)28)12-22-26(19)15-8-6-14(3)7-9-15/h6-9,12H,4-5,10-11,13H2,1-3H3. The maximum atomic E-state index is 13.2. The highest BCUT2D eigenvalue weighted by atomic mass is 16.2. The predicted molar refractivity (Wildman–Crippen MR) is 107 cm³/mol. The molecule has 1 aromatic carbocycles. The van der Waals surface area contributed by atoms with Crippen LogP contribution in [-0.4, -0.2) is 70.1 Å². The number of aromatic nitrogens is 2. The van der Waals surface area contributed by atoms with Gasteiger partial charge in [0.05, 0.1) is 24.0 Å². The van der Waals surface area contributed by atoms with Crippen molar-refractivity contribution in [2.75, 3.05) is 37.6 Å². The van der Waals surface area contributed by atoms with Gasteiger partial charge < -0.3 is 4.90 Å². The molecule has 0 fully saturated rings. The number of hydrogen-bond acceptors (Lipinski definition) is 4. The van der Waals surface area contributed by atoms with Gasteiger partial charge in [0, 0.05) is 19.6 Å². The van der Waals surface area contributed by atoms with Crippen LogP contribution in [0.4, 0.5) is 10.6 Å². The minimum Gasteiger partial charge on any atom is -0.342 e. The number of benzene rings is 1. The topological polar surface area (TPSA) is 74.0 Å². The number of likely N-dealkylation sites (N-methyl/N-ethyl adjacent to an activating group) is 1. The smallest absolute Gasteiger partial charge is 0.331 e. The highest BCUT2D eigenvalue weighted by Gasteiger charge is 2.41. The van der Waals surface area contributed by atoms with Crippen LogP contribution in [0.1, 0.15) is 25.0 Å². The van der Waals surface area contributed by atoms with Crippen molar-refractivity contribution in [3.05, 3.63) is 41.6 Å². The number of nitrogens with zero attached hydrogens (tertiary/aromatic N) is 6. The van der Waals surface area contributed by atoms with Gasteiger partial charge in [0.2, 0.25) is 5.91 Å². The lowest BCUT2D eigenvalue weighted by Crippen LogP contribution is -2.53. The van der Waals surface area contributed by atoms with Gasteiger partial charge in [0.1, 0.15) is 12.4 Å². The van der Waals surface area contributed by atoms with E-state index < -0.39 is 0 Å². The number of hydrogen-bond donors (Lipinski definition) is 0. The molecule has 0 unspecified atom stereocenters. The predicted octanol–water partition coefficient (Wildman–Crippen LogP) is 2.05. The van der Waals surface area contributed by atoms with Crippen LogP contribution in [0.25, 0.3) is 5.69 Å². The van der Waals surface area contributed by atoms with E-state index in [1.807, 2.05) is 45.0 Å². The van der Waals surface area contributed by atoms with Gasteiger partial charge >= 0.3 is 6.03 Å². The summed E-state index contributed by atoms with van der Waals surface area (Å²) < 4.78 is 1.72. The maximum absolute atomic E-state index is 13.2. The summed E-state index contributed by atoms with van der Waals surface area (Å²) in [6.07, 6.45) is 1.73. The average Bonchev–Trinajstić information content (AvgIpc) is 3.34. The monoisotopic (exact) mass is 380 g/mol. The van der Waals surface area contributed by atoms with Gasteiger partial charge in [-0.1, -0.05) is 17.7 Å². The molecular formula is C20H24N6O2. The zero-order chi connectivity index (χ0) is 19.8. The van der Waals surface area contributed by atoms with Gasteiger partial charge in [-0.05, 0) is 32.9 Å². The van der Waals surface area contributed by atoms with E-state index in [0.29, 0.717) is 37.8 Å². The number of rotatable bonds is 5. The largest absolute Gasteiger partial charge is 0.342 e. The van der Waals surface area contributed by atoms with Gasteiger partial charge in [-0.3, -0.25) is 19.6 Å².